The van der Waals surface area contributed by atoms with E-state index < -0.39 is 17.3 Å². The van der Waals surface area contributed by atoms with Crippen LogP contribution in [0.25, 0.3) is 22.2 Å². The van der Waals surface area contributed by atoms with Crippen LogP contribution in [0.15, 0.2) is 41.3 Å². The van der Waals surface area contributed by atoms with Crippen molar-refractivity contribution in [3.05, 3.63) is 58.3 Å². The van der Waals surface area contributed by atoms with Crippen molar-refractivity contribution >= 4 is 22.5 Å². The summed E-state index contributed by atoms with van der Waals surface area (Å²) >= 11 is 5.65. The van der Waals surface area contributed by atoms with Gasteiger partial charge in [-0.2, -0.15) is 13.2 Å². The molecule has 3 rings (SSSR count). The lowest BCUT2D eigenvalue weighted by atomic mass is 10.0. The molecule has 0 bridgehead atoms. The van der Waals surface area contributed by atoms with Crippen molar-refractivity contribution < 1.29 is 13.2 Å². The number of alkyl halides is 4. The van der Waals surface area contributed by atoms with Crippen molar-refractivity contribution in [3.63, 3.8) is 0 Å². The minimum absolute atomic E-state index is 0.00715. The second-order valence-corrected chi connectivity index (χ2v) is 5.04. The van der Waals surface area contributed by atoms with Crippen LogP contribution in [0.5, 0.6) is 0 Å². The fraction of sp³-hybridized carbons (Fsp3) is 0.133. The number of hydrogen-bond donors (Lipinski definition) is 1. The molecule has 0 unspecified atom stereocenters. The largest absolute Gasteiger partial charge is 0.418 e. The standard InChI is InChI=1S/C15H9ClF3N3O/c16-7-12-21-11-6-8(3-4-9(11)14(23)22-12)13-10(15(17,18)19)2-1-5-20-13/h1-6H,7H2,(H,21,22,23). The fourth-order valence-corrected chi connectivity index (χ4v) is 2.39. The Labute approximate surface area is 133 Å². The van der Waals surface area contributed by atoms with E-state index in [-0.39, 0.29) is 33.9 Å². The number of pyridine rings is 1. The van der Waals surface area contributed by atoms with Crippen LogP contribution in [0.1, 0.15) is 11.4 Å². The molecule has 0 aliphatic carbocycles. The first-order valence-corrected chi connectivity index (χ1v) is 7.05. The van der Waals surface area contributed by atoms with Crippen molar-refractivity contribution in [1.82, 2.24) is 15.0 Å². The van der Waals surface area contributed by atoms with E-state index in [0.717, 1.165) is 6.07 Å². The van der Waals surface area contributed by atoms with Gasteiger partial charge in [0, 0.05) is 11.8 Å². The second kappa shape index (κ2) is 5.66. The number of nitrogens with zero attached hydrogens (tertiary/aromatic N) is 2. The number of aromatic amines is 1. The maximum atomic E-state index is 13.1. The van der Waals surface area contributed by atoms with E-state index in [4.69, 9.17) is 11.6 Å². The van der Waals surface area contributed by atoms with Gasteiger partial charge in [-0.05, 0) is 24.3 Å². The molecule has 0 aliphatic rings. The lowest BCUT2D eigenvalue weighted by molar-refractivity contribution is -0.137. The number of benzene rings is 1. The predicted octanol–water partition coefficient (Wildman–Crippen LogP) is 3.74. The number of H-pyrrole nitrogens is 1. The zero-order chi connectivity index (χ0) is 16.6. The normalized spacial score (nSPS) is 11.8. The van der Waals surface area contributed by atoms with Crippen LogP contribution in [0.2, 0.25) is 0 Å². The maximum absolute atomic E-state index is 13.1. The lowest BCUT2D eigenvalue weighted by Crippen LogP contribution is -2.11. The van der Waals surface area contributed by atoms with Gasteiger partial charge in [-0.3, -0.25) is 9.78 Å². The van der Waals surface area contributed by atoms with Gasteiger partial charge in [0.25, 0.3) is 5.56 Å². The Bertz CT molecular complexity index is 937. The summed E-state index contributed by atoms with van der Waals surface area (Å²) in [6.45, 7) is 0. The molecule has 4 nitrogen and oxygen atoms in total. The molecule has 0 fully saturated rings. The molecular weight excluding hydrogens is 331 g/mol. The molecule has 0 saturated carbocycles. The topological polar surface area (TPSA) is 58.6 Å². The SMILES string of the molecule is O=c1[nH]c(CCl)nc2cc(-c3ncccc3C(F)(F)F)ccc12. The number of rotatable bonds is 2. The van der Waals surface area contributed by atoms with Gasteiger partial charge >= 0.3 is 6.18 Å². The smallest absolute Gasteiger partial charge is 0.309 e. The molecule has 1 aromatic carbocycles. The van der Waals surface area contributed by atoms with Crippen molar-refractivity contribution in [2.75, 3.05) is 0 Å². The van der Waals surface area contributed by atoms with E-state index in [1.54, 1.807) is 0 Å². The molecule has 8 heteroatoms. The number of nitrogens with one attached hydrogen (secondary N) is 1. The third kappa shape index (κ3) is 2.92. The quantitative estimate of drug-likeness (QED) is 0.723. The van der Waals surface area contributed by atoms with Crippen LogP contribution in [0.3, 0.4) is 0 Å². The number of aromatic nitrogens is 3. The van der Waals surface area contributed by atoms with Crippen LogP contribution >= 0.6 is 11.6 Å². The molecule has 118 valence electrons. The molecule has 0 spiro atoms. The third-order valence-electron chi connectivity index (χ3n) is 3.27. The van der Waals surface area contributed by atoms with Gasteiger partial charge in [-0.25, -0.2) is 4.98 Å². The highest BCUT2D eigenvalue weighted by Crippen LogP contribution is 2.36. The lowest BCUT2D eigenvalue weighted by Gasteiger charge is -2.12. The average molecular weight is 340 g/mol. The van der Waals surface area contributed by atoms with Gasteiger partial charge in [0.2, 0.25) is 0 Å². The van der Waals surface area contributed by atoms with Gasteiger partial charge in [0.05, 0.1) is 28.0 Å². The number of halogens is 4. The molecule has 1 N–H and O–H groups in total. The Morgan fingerprint density at radius 3 is 2.70 bits per heavy atom. The molecule has 0 amide bonds. The third-order valence-corrected chi connectivity index (χ3v) is 3.52. The Morgan fingerprint density at radius 1 is 1.22 bits per heavy atom. The van der Waals surface area contributed by atoms with Crippen LogP contribution in [0, 0.1) is 0 Å². The van der Waals surface area contributed by atoms with E-state index in [1.165, 1.54) is 30.5 Å². The predicted molar refractivity (Wildman–Crippen MR) is 80.2 cm³/mol. The van der Waals surface area contributed by atoms with Gasteiger partial charge < -0.3 is 4.98 Å². The maximum Gasteiger partial charge on any atom is 0.418 e. The highest BCUT2D eigenvalue weighted by atomic mass is 35.5. The monoisotopic (exact) mass is 339 g/mol. The fourth-order valence-electron chi connectivity index (χ4n) is 2.26. The van der Waals surface area contributed by atoms with Gasteiger partial charge in [0.15, 0.2) is 0 Å². The van der Waals surface area contributed by atoms with Crippen LogP contribution < -0.4 is 5.56 Å². The van der Waals surface area contributed by atoms with Gasteiger partial charge in [0.1, 0.15) is 5.82 Å². The first-order valence-electron chi connectivity index (χ1n) is 6.51. The first-order chi connectivity index (χ1) is 10.9. The summed E-state index contributed by atoms with van der Waals surface area (Å²) in [6.07, 6.45) is -3.24. The molecule has 0 atom stereocenters. The summed E-state index contributed by atoms with van der Waals surface area (Å²) in [5.74, 6) is 0.241. The Hall–Kier alpha value is -2.41. The Balaban J connectivity index is 2.24. The van der Waals surface area contributed by atoms with Crippen molar-refractivity contribution in [1.29, 1.82) is 0 Å². The average Bonchev–Trinajstić information content (AvgIpc) is 2.53. The summed E-state index contributed by atoms with van der Waals surface area (Å²) in [5.41, 5.74) is -0.961. The van der Waals surface area contributed by atoms with Gasteiger partial charge in [-0.1, -0.05) is 6.07 Å². The Morgan fingerprint density at radius 2 is 2.00 bits per heavy atom. The minimum Gasteiger partial charge on any atom is -0.309 e. The van der Waals surface area contributed by atoms with Crippen LogP contribution in [-0.2, 0) is 12.1 Å². The molecule has 3 aromatic rings. The summed E-state index contributed by atoms with van der Waals surface area (Å²) in [5, 5.41) is 0.270. The van der Waals surface area contributed by atoms with E-state index in [2.05, 4.69) is 15.0 Å². The minimum atomic E-state index is -4.53. The van der Waals surface area contributed by atoms with Crippen molar-refractivity contribution in [2.45, 2.75) is 12.1 Å². The van der Waals surface area contributed by atoms with E-state index in [9.17, 15) is 18.0 Å². The molecule has 23 heavy (non-hydrogen) atoms. The Kier molecular flexibility index (Phi) is 3.81. The molecule has 0 radical (unpaired) electrons. The first kappa shape index (κ1) is 15.5. The van der Waals surface area contributed by atoms with Crippen LogP contribution in [-0.4, -0.2) is 15.0 Å². The molecule has 2 aromatic heterocycles. The second-order valence-electron chi connectivity index (χ2n) is 4.78. The van der Waals surface area contributed by atoms with E-state index >= 15 is 0 Å². The molecule has 2 heterocycles. The zero-order valence-corrected chi connectivity index (χ0v) is 12.2. The molecule has 0 aliphatic heterocycles. The van der Waals surface area contributed by atoms with E-state index in [0.29, 0.717) is 0 Å². The highest BCUT2D eigenvalue weighted by Gasteiger charge is 2.34. The molecular formula is C15H9ClF3N3O. The highest BCUT2D eigenvalue weighted by molar-refractivity contribution is 6.16. The summed E-state index contributed by atoms with van der Waals surface area (Å²) < 4.78 is 39.3. The summed E-state index contributed by atoms with van der Waals surface area (Å²) in [6, 6.07) is 6.42. The van der Waals surface area contributed by atoms with Crippen molar-refractivity contribution in [3.8, 4) is 11.3 Å². The zero-order valence-electron chi connectivity index (χ0n) is 11.5. The van der Waals surface area contributed by atoms with Crippen LogP contribution in [0.4, 0.5) is 13.2 Å². The summed E-state index contributed by atoms with van der Waals surface area (Å²) in [4.78, 5) is 22.3. The van der Waals surface area contributed by atoms with E-state index in [1.807, 2.05) is 0 Å². The summed E-state index contributed by atoms with van der Waals surface area (Å²) in [7, 11) is 0. The molecule has 0 saturated heterocycles. The number of fused-ring (bicyclic) bond motifs is 1. The number of hydrogen-bond acceptors (Lipinski definition) is 3. The van der Waals surface area contributed by atoms with Gasteiger partial charge in [-0.15, -0.1) is 11.6 Å². The van der Waals surface area contributed by atoms with Crippen molar-refractivity contribution in [2.24, 2.45) is 0 Å².